The molecule has 0 bridgehead atoms. The lowest BCUT2D eigenvalue weighted by Crippen LogP contribution is -2.42. The van der Waals surface area contributed by atoms with Gasteiger partial charge in [0, 0.05) is 23.2 Å². The summed E-state index contributed by atoms with van der Waals surface area (Å²) in [5.74, 6) is -1.18. The standard InChI is InChI=1S/C17H14N4O4/c22-16(9-11-10-18-14-7-3-1-5-12(11)14)19-20-17(23)13-6-2-4-8-15(13)21(24)25/h1-8,10,18H,9H2,(H,19,22)(H,20,23). The van der Waals surface area contributed by atoms with Crippen LogP contribution in [-0.2, 0) is 11.2 Å². The molecule has 3 rings (SSSR count). The molecule has 8 nitrogen and oxygen atoms in total. The number of aromatic amines is 1. The van der Waals surface area contributed by atoms with Crippen LogP contribution in [0.15, 0.2) is 54.7 Å². The van der Waals surface area contributed by atoms with E-state index in [1.54, 1.807) is 6.20 Å². The monoisotopic (exact) mass is 338 g/mol. The van der Waals surface area contributed by atoms with Crippen LogP contribution in [0.25, 0.3) is 10.9 Å². The minimum Gasteiger partial charge on any atom is -0.361 e. The van der Waals surface area contributed by atoms with Gasteiger partial charge in [-0.15, -0.1) is 0 Å². The molecule has 25 heavy (non-hydrogen) atoms. The Morgan fingerprint density at radius 1 is 1.04 bits per heavy atom. The van der Waals surface area contributed by atoms with Gasteiger partial charge in [-0.05, 0) is 17.7 Å². The maximum absolute atomic E-state index is 12.1. The SMILES string of the molecule is O=C(Cc1c[nH]c2ccccc12)NNC(=O)c1ccccc1[N+](=O)[O-]. The van der Waals surface area contributed by atoms with Crippen molar-refractivity contribution in [3.63, 3.8) is 0 Å². The van der Waals surface area contributed by atoms with Gasteiger partial charge >= 0.3 is 0 Å². The molecule has 2 aromatic carbocycles. The molecule has 1 aromatic heterocycles. The predicted molar refractivity (Wildman–Crippen MR) is 90.7 cm³/mol. The molecule has 0 unspecified atom stereocenters. The number of nitrogens with zero attached hydrogens (tertiary/aromatic N) is 1. The summed E-state index contributed by atoms with van der Waals surface area (Å²) in [5.41, 5.74) is 5.72. The lowest BCUT2D eigenvalue weighted by molar-refractivity contribution is -0.385. The number of amides is 2. The molecule has 0 atom stereocenters. The number of rotatable bonds is 4. The predicted octanol–water partition coefficient (Wildman–Crippen LogP) is 2.08. The quantitative estimate of drug-likeness (QED) is 0.498. The molecular formula is C17H14N4O4. The summed E-state index contributed by atoms with van der Waals surface area (Å²) in [6.07, 6.45) is 1.79. The van der Waals surface area contributed by atoms with E-state index in [0.29, 0.717) is 0 Å². The molecule has 0 fully saturated rings. The second kappa shape index (κ2) is 6.83. The summed E-state index contributed by atoms with van der Waals surface area (Å²) < 4.78 is 0. The van der Waals surface area contributed by atoms with Crippen LogP contribution >= 0.6 is 0 Å². The Bertz CT molecular complexity index is 964. The Balaban J connectivity index is 1.65. The van der Waals surface area contributed by atoms with Crippen molar-refractivity contribution in [1.82, 2.24) is 15.8 Å². The van der Waals surface area contributed by atoms with Crippen LogP contribution in [0.5, 0.6) is 0 Å². The molecular weight excluding hydrogens is 324 g/mol. The summed E-state index contributed by atoms with van der Waals surface area (Å²) in [6, 6.07) is 13.1. The molecule has 0 aliphatic heterocycles. The van der Waals surface area contributed by atoms with Gasteiger partial charge in [-0.3, -0.25) is 30.6 Å². The number of fused-ring (bicyclic) bond motifs is 1. The van der Waals surface area contributed by atoms with Gasteiger partial charge in [0.2, 0.25) is 5.91 Å². The third-order valence-electron chi connectivity index (χ3n) is 3.69. The van der Waals surface area contributed by atoms with E-state index in [0.717, 1.165) is 16.5 Å². The van der Waals surface area contributed by atoms with E-state index < -0.39 is 16.7 Å². The third-order valence-corrected chi connectivity index (χ3v) is 3.69. The summed E-state index contributed by atoms with van der Waals surface area (Å²) in [7, 11) is 0. The molecule has 0 saturated carbocycles. The van der Waals surface area contributed by atoms with Crippen molar-refractivity contribution in [2.75, 3.05) is 0 Å². The number of para-hydroxylation sites is 2. The number of nitrogens with one attached hydrogen (secondary N) is 3. The zero-order chi connectivity index (χ0) is 17.8. The van der Waals surface area contributed by atoms with Crippen molar-refractivity contribution in [1.29, 1.82) is 0 Å². The fourth-order valence-corrected chi connectivity index (χ4v) is 2.51. The Morgan fingerprint density at radius 3 is 2.56 bits per heavy atom. The second-order valence-corrected chi connectivity index (χ2v) is 5.31. The first-order chi connectivity index (χ1) is 12.1. The van der Waals surface area contributed by atoms with Gasteiger partial charge in [-0.2, -0.15) is 0 Å². The van der Waals surface area contributed by atoms with E-state index in [4.69, 9.17) is 0 Å². The molecule has 3 aromatic rings. The number of nitro benzene ring substituents is 1. The van der Waals surface area contributed by atoms with Gasteiger partial charge in [-0.25, -0.2) is 0 Å². The molecule has 0 saturated heterocycles. The summed E-state index contributed by atoms with van der Waals surface area (Å²) in [4.78, 5) is 37.4. The Hall–Kier alpha value is -3.68. The number of aromatic nitrogens is 1. The van der Waals surface area contributed by atoms with Crippen LogP contribution in [0.4, 0.5) is 5.69 Å². The van der Waals surface area contributed by atoms with E-state index >= 15 is 0 Å². The van der Waals surface area contributed by atoms with Crippen LogP contribution in [0.1, 0.15) is 15.9 Å². The van der Waals surface area contributed by atoms with Gasteiger partial charge in [0.05, 0.1) is 11.3 Å². The fourth-order valence-electron chi connectivity index (χ4n) is 2.51. The molecule has 0 aliphatic carbocycles. The van der Waals surface area contributed by atoms with Crippen LogP contribution in [0, 0.1) is 10.1 Å². The van der Waals surface area contributed by atoms with Crippen molar-refractivity contribution in [2.45, 2.75) is 6.42 Å². The normalized spacial score (nSPS) is 10.4. The minimum absolute atomic E-state index is 0.0567. The first-order valence-electron chi connectivity index (χ1n) is 7.44. The second-order valence-electron chi connectivity index (χ2n) is 5.31. The highest BCUT2D eigenvalue weighted by Gasteiger charge is 2.19. The van der Waals surface area contributed by atoms with E-state index in [2.05, 4.69) is 15.8 Å². The molecule has 0 spiro atoms. The third kappa shape index (κ3) is 3.47. The molecule has 2 amide bonds. The summed E-state index contributed by atoms with van der Waals surface area (Å²) in [6.45, 7) is 0. The maximum Gasteiger partial charge on any atom is 0.282 e. The number of hydrazine groups is 1. The number of nitro groups is 1. The number of carbonyl (C=O) groups excluding carboxylic acids is 2. The number of hydrogen-bond acceptors (Lipinski definition) is 4. The molecule has 0 aliphatic rings. The average Bonchev–Trinajstić information content (AvgIpc) is 3.02. The molecule has 0 radical (unpaired) electrons. The lowest BCUT2D eigenvalue weighted by Gasteiger charge is -2.07. The van der Waals surface area contributed by atoms with Gasteiger partial charge in [0.15, 0.2) is 0 Å². The maximum atomic E-state index is 12.1. The first-order valence-corrected chi connectivity index (χ1v) is 7.44. The molecule has 1 heterocycles. The Labute approximate surface area is 142 Å². The number of benzene rings is 2. The zero-order valence-corrected chi connectivity index (χ0v) is 13.0. The summed E-state index contributed by atoms with van der Waals surface area (Å²) >= 11 is 0. The molecule has 126 valence electrons. The zero-order valence-electron chi connectivity index (χ0n) is 13.0. The highest BCUT2D eigenvalue weighted by Crippen LogP contribution is 2.18. The van der Waals surface area contributed by atoms with Gasteiger partial charge in [0.25, 0.3) is 11.6 Å². The first kappa shape index (κ1) is 16.2. The van der Waals surface area contributed by atoms with E-state index in [1.165, 1.54) is 24.3 Å². The number of carbonyl (C=O) groups is 2. The van der Waals surface area contributed by atoms with Gasteiger partial charge < -0.3 is 4.98 Å². The van der Waals surface area contributed by atoms with Crippen molar-refractivity contribution >= 4 is 28.4 Å². The highest BCUT2D eigenvalue weighted by atomic mass is 16.6. The van der Waals surface area contributed by atoms with Crippen LogP contribution in [-0.4, -0.2) is 21.7 Å². The summed E-state index contributed by atoms with van der Waals surface area (Å²) in [5, 5.41) is 11.9. The van der Waals surface area contributed by atoms with E-state index in [1.807, 2.05) is 24.3 Å². The highest BCUT2D eigenvalue weighted by molar-refractivity contribution is 5.99. The average molecular weight is 338 g/mol. The van der Waals surface area contributed by atoms with Crippen molar-refractivity contribution in [2.24, 2.45) is 0 Å². The Morgan fingerprint density at radius 2 is 1.76 bits per heavy atom. The van der Waals surface area contributed by atoms with E-state index in [9.17, 15) is 19.7 Å². The van der Waals surface area contributed by atoms with Crippen LogP contribution in [0.2, 0.25) is 0 Å². The minimum atomic E-state index is -0.750. The van der Waals surface area contributed by atoms with E-state index in [-0.39, 0.29) is 17.7 Å². The van der Waals surface area contributed by atoms with Gasteiger partial charge in [-0.1, -0.05) is 30.3 Å². The van der Waals surface area contributed by atoms with Crippen LogP contribution in [0.3, 0.4) is 0 Å². The van der Waals surface area contributed by atoms with Crippen molar-refractivity contribution in [3.05, 3.63) is 76.0 Å². The molecule has 3 N–H and O–H groups in total. The smallest absolute Gasteiger partial charge is 0.282 e. The topological polar surface area (TPSA) is 117 Å². The van der Waals surface area contributed by atoms with Gasteiger partial charge in [0.1, 0.15) is 5.56 Å². The largest absolute Gasteiger partial charge is 0.361 e. The van der Waals surface area contributed by atoms with Crippen LogP contribution < -0.4 is 10.9 Å². The fraction of sp³-hybridized carbons (Fsp3) is 0.0588. The van der Waals surface area contributed by atoms with Crippen molar-refractivity contribution < 1.29 is 14.5 Å². The number of H-pyrrole nitrogens is 1. The van der Waals surface area contributed by atoms with Crippen molar-refractivity contribution in [3.8, 4) is 0 Å². The number of hydrogen-bond donors (Lipinski definition) is 3. The lowest BCUT2D eigenvalue weighted by atomic mass is 10.1. The Kier molecular flexibility index (Phi) is 4.42. The molecule has 8 heteroatoms.